The number of aromatic nitrogens is 1. The van der Waals surface area contributed by atoms with Crippen LogP contribution in [-0.4, -0.2) is 17.7 Å². The van der Waals surface area contributed by atoms with Crippen molar-refractivity contribution in [3.63, 3.8) is 0 Å². The number of fused-ring (bicyclic) bond motifs is 1. The number of rotatable bonds is 10. The summed E-state index contributed by atoms with van der Waals surface area (Å²) in [5.41, 5.74) is 1.11. The first-order chi connectivity index (χ1) is 11.7. The number of pyridine rings is 1. The summed E-state index contributed by atoms with van der Waals surface area (Å²) in [6, 6.07) is 7.78. The van der Waals surface area contributed by atoms with Crippen LogP contribution >= 0.6 is 0 Å². The molecule has 0 saturated heterocycles. The quantitative estimate of drug-likeness (QED) is 0.601. The average molecular weight is 327 g/mol. The van der Waals surface area contributed by atoms with Crippen molar-refractivity contribution in [2.75, 3.05) is 6.61 Å². The van der Waals surface area contributed by atoms with E-state index in [2.05, 4.69) is 43.1 Å². The first kappa shape index (κ1) is 18.5. The van der Waals surface area contributed by atoms with Gasteiger partial charge in [-0.15, -0.1) is 0 Å². The maximum absolute atomic E-state index is 11.3. The van der Waals surface area contributed by atoms with E-state index in [0.29, 0.717) is 6.10 Å². The van der Waals surface area contributed by atoms with E-state index in [4.69, 9.17) is 4.74 Å². The molecule has 1 aromatic heterocycles. The summed E-state index contributed by atoms with van der Waals surface area (Å²) in [7, 11) is 0. The molecule has 0 amide bonds. The minimum absolute atomic E-state index is 0.0585. The van der Waals surface area contributed by atoms with Crippen LogP contribution in [0.1, 0.15) is 57.9 Å². The number of unbranched alkanes of at least 4 members (excludes halogenated alkanes) is 3. The van der Waals surface area contributed by atoms with E-state index in [1.54, 1.807) is 12.3 Å². The SMILES string of the molecule is CCCCCOC(C)CCC/C=C/c1ccc2cc(=O)[nH]cc2c1. The Morgan fingerprint density at radius 1 is 1.17 bits per heavy atom. The molecule has 1 unspecified atom stereocenters. The van der Waals surface area contributed by atoms with Crippen molar-refractivity contribution in [1.82, 2.24) is 4.98 Å². The lowest BCUT2D eigenvalue weighted by Gasteiger charge is -2.11. The van der Waals surface area contributed by atoms with Crippen LogP contribution in [0.3, 0.4) is 0 Å². The van der Waals surface area contributed by atoms with E-state index < -0.39 is 0 Å². The molecule has 0 aliphatic rings. The van der Waals surface area contributed by atoms with E-state index in [1.165, 1.54) is 24.8 Å². The molecular weight excluding hydrogens is 298 g/mol. The van der Waals surface area contributed by atoms with Gasteiger partial charge < -0.3 is 9.72 Å². The smallest absolute Gasteiger partial charge is 0.248 e. The van der Waals surface area contributed by atoms with Crippen molar-refractivity contribution in [2.45, 2.75) is 58.5 Å². The summed E-state index contributed by atoms with van der Waals surface area (Å²) in [5.74, 6) is 0. The van der Waals surface area contributed by atoms with Gasteiger partial charge in [-0.2, -0.15) is 0 Å². The number of H-pyrrole nitrogens is 1. The Kier molecular flexibility index (Phi) is 7.76. The highest BCUT2D eigenvalue weighted by atomic mass is 16.5. The average Bonchev–Trinajstić information content (AvgIpc) is 2.58. The molecule has 130 valence electrons. The number of aromatic amines is 1. The summed E-state index contributed by atoms with van der Waals surface area (Å²) in [6.07, 6.45) is 13.5. The van der Waals surface area contributed by atoms with E-state index in [0.717, 1.165) is 36.6 Å². The van der Waals surface area contributed by atoms with Crippen LogP contribution in [-0.2, 0) is 4.74 Å². The summed E-state index contributed by atoms with van der Waals surface area (Å²) in [4.78, 5) is 14.0. The highest BCUT2D eigenvalue weighted by Crippen LogP contribution is 2.15. The van der Waals surface area contributed by atoms with Gasteiger partial charge in [0.05, 0.1) is 6.10 Å². The van der Waals surface area contributed by atoms with Crippen molar-refractivity contribution in [3.05, 3.63) is 52.5 Å². The second-order valence-corrected chi connectivity index (χ2v) is 6.41. The van der Waals surface area contributed by atoms with Crippen LogP contribution < -0.4 is 5.56 Å². The Morgan fingerprint density at radius 3 is 2.88 bits per heavy atom. The van der Waals surface area contributed by atoms with Gasteiger partial charge in [-0.25, -0.2) is 0 Å². The van der Waals surface area contributed by atoms with Crippen molar-refractivity contribution in [3.8, 4) is 0 Å². The van der Waals surface area contributed by atoms with Crippen molar-refractivity contribution in [1.29, 1.82) is 0 Å². The third-order valence-corrected chi connectivity index (χ3v) is 4.21. The minimum atomic E-state index is -0.0585. The Bertz CT molecular complexity index is 702. The van der Waals surface area contributed by atoms with Gasteiger partial charge in [0.1, 0.15) is 0 Å². The second kappa shape index (κ2) is 10.1. The van der Waals surface area contributed by atoms with Crippen LogP contribution in [0.2, 0.25) is 0 Å². The standard InChI is InChI=1S/C21H29NO2/c1-3-4-8-13-24-17(2)9-6-5-7-10-18-11-12-19-15-21(23)22-16-20(19)14-18/h7,10-12,14-17H,3-6,8-9,13H2,1-2H3,(H,22,23)/b10-7+. The second-order valence-electron chi connectivity index (χ2n) is 6.41. The number of allylic oxidation sites excluding steroid dienone is 1. The third kappa shape index (κ3) is 6.32. The van der Waals surface area contributed by atoms with E-state index in [9.17, 15) is 4.79 Å². The van der Waals surface area contributed by atoms with Crippen LogP contribution in [0.25, 0.3) is 16.8 Å². The Hall–Kier alpha value is -1.87. The molecule has 0 fully saturated rings. The molecule has 0 aliphatic carbocycles. The molecule has 0 bridgehead atoms. The topological polar surface area (TPSA) is 42.1 Å². The zero-order valence-electron chi connectivity index (χ0n) is 14.9. The largest absolute Gasteiger partial charge is 0.379 e. The predicted octanol–water partition coefficient (Wildman–Crippen LogP) is 5.31. The van der Waals surface area contributed by atoms with E-state index >= 15 is 0 Å². The predicted molar refractivity (Wildman–Crippen MR) is 102 cm³/mol. The molecule has 0 spiro atoms. The number of benzene rings is 1. The molecular formula is C21H29NO2. The lowest BCUT2D eigenvalue weighted by Crippen LogP contribution is -2.08. The summed E-state index contributed by atoms with van der Waals surface area (Å²) < 4.78 is 5.81. The van der Waals surface area contributed by atoms with Crippen LogP contribution in [0.15, 0.2) is 41.3 Å². The van der Waals surface area contributed by atoms with Crippen LogP contribution in [0.5, 0.6) is 0 Å². The summed E-state index contributed by atoms with van der Waals surface area (Å²) in [5, 5.41) is 2.04. The highest BCUT2D eigenvalue weighted by molar-refractivity contribution is 5.83. The fraction of sp³-hybridized carbons (Fsp3) is 0.476. The fourth-order valence-electron chi connectivity index (χ4n) is 2.75. The molecule has 0 radical (unpaired) electrons. The zero-order valence-corrected chi connectivity index (χ0v) is 14.9. The molecule has 1 atom stereocenters. The van der Waals surface area contributed by atoms with Crippen molar-refractivity contribution >= 4 is 16.8 Å². The molecule has 2 rings (SSSR count). The zero-order chi connectivity index (χ0) is 17.2. The van der Waals surface area contributed by atoms with Gasteiger partial charge in [-0.05, 0) is 55.0 Å². The van der Waals surface area contributed by atoms with Gasteiger partial charge >= 0.3 is 0 Å². The molecule has 2 aromatic rings. The first-order valence-electron chi connectivity index (χ1n) is 9.09. The van der Waals surface area contributed by atoms with Crippen molar-refractivity contribution in [2.24, 2.45) is 0 Å². The molecule has 1 N–H and O–H groups in total. The van der Waals surface area contributed by atoms with Gasteiger partial charge in [-0.1, -0.05) is 44.1 Å². The highest BCUT2D eigenvalue weighted by Gasteiger charge is 2.01. The monoisotopic (exact) mass is 327 g/mol. The van der Waals surface area contributed by atoms with Gasteiger partial charge in [0.2, 0.25) is 5.56 Å². The summed E-state index contributed by atoms with van der Waals surface area (Å²) >= 11 is 0. The normalized spacial score (nSPS) is 12.9. The van der Waals surface area contributed by atoms with Gasteiger partial charge in [-0.3, -0.25) is 4.79 Å². The minimum Gasteiger partial charge on any atom is -0.379 e. The lowest BCUT2D eigenvalue weighted by molar-refractivity contribution is 0.0566. The van der Waals surface area contributed by atoms with Crippen molar-refractivity contribution < 1.29 is 4.74 Å². The Balaban J connectivity index is 1.72. The molecule has 0 aliphatic heterocycles. The Labute approximate surface area is 144 Å². The first-order valence-corrected chi connectivity index (χ1v) is 9.09. The maximum atomic E-state index is 11.3. The van der Waals surface area contributed by atoms with Gasteiger partial charge in [0.15, 0.2) is 0 Å². The third-order valence-electron chi connectivity index (χ3n) is 4.21. The Morgan fingerprint density at radius 2 is 2.04 bits per heavy atom. The molecule has 3 nitrogen and oxygen atoms in total. The van der Waals surface area contributed by atoms with E-state index in [-0.39, 0.29) is 5.56 Å². The maximum Gasteiger partial charge on any atom is 0.248 e. The summed E-state index contributed by atoms with van der Waals surface area (Å²) in [6.45, 7) is 5.27. The van der Waals surface area contributed by atoms with Crippen LogP contribution in [0, 0.1) is 0 Å². The molecule has 1 aromatic carbocycles. The van der Waals surface area contributed by atoms with Crippen LogP contribution in [0.4, 0.5) is 0 Å². The number of hydrogen-bond acceptors (Lipinski definition) is 2. The number of ether oxygens (including phenoxy) is 1. The molecule has 0 saturated carbocycles. The molecule has 3 heteroatoms. The van der Waals surface area contributed by atoms with Gasteiger partial charge in [0, 0.05) is 18.9 Å². The lowest BCUT2D eigenvalue weighted by atomic mass is 10.1. The van der Waals surface area contributed by atoms with Gasteiger partial charge in [0.25, 0.3) is 0 Å². The number of nitrogens with one attached hydrogen (secondary N) is 1. The molecule has 1 heterocycles. The van der Waals surface area contributed by atoms with E-state index in [1.807, 2.05) is 6.07 Å². The fourth-order valence-corrected chi connectivity index (χ4v) is 2.75. The molecule has 24 heavy (non-hydrogen) atoms. The number of hydrogen-bond donors (Lipinski definition) is 1.